The van der Waals surface area contributed by atoms with Gasteiger partial charge in [-0.3, -0.25) is 0 Å². The molecule has 0 unspecified atom stereocenters. The maximum atomic E-state index is 5.82. The van der Waals surface area contributed by atoms with E-state index in [0.717, 1.165) is 54.9 Å². The van der Waals surface area contributed by atoms with Crippen LogP contribution in [-0.2, 0) is 4.74 Å². The van der Waals surface area contributed by atoms with E-state index in [9.17, 15) is 0 Å². The smallest absolute Gasteiger partial charge is 0.139 e. The second-order valence-electron chi connectivity index (χ2n) is 5.36. The molecule has 1 aliphatic rings. The van der Waals surface area contributed by atoms with Crippen LogP contribution in [0.5, 0.6) is 0 Å². The van der Waals surface area contributed by atoms with Crippen molar-refractivity contribution < 1.29 is 4.74 Å². The Labute approximate surface area is 118 Å². The summed E-state index contributed by atoms with van der Waals surface area (Å²) in [6.07, 6.45) is 3.92. The minimum atomic E-state index is 0.667. The maximum Gasteiger partial charge on any atom is 0.139 e. The molecule has 1 aromatic carbocycles. The second-order valence-corrected chi connectivity index (χ2v) is 5.36. The first kappa shape index (κ1) is 13.1. The van der Waals surface area contributed by atoms with Gasteiger partial charge in [0.15, 0.2) is 0 Å². The molecular weight excluding hydrogens is 252 g/mol. The van der Waals surface area contributed by atoms with E-state index in [4.69, 9.17) is 10.5 Å². The minimum absolute atomic E-state index is 0.667. The SMILES string of the molecule is COCC1CCN(c2ncnc3cc(N)ccc23)CC1. The highest BCUT2D eigenvalue weighted by atomic mass is 16.5. The van der Waals surface area contributed by atoms with E-state index in [-0.39, 0.29) is 0 Å². The summed E-state index contributed by atoms with van der Waals surface area (Å²) in [5, 5.41) is 1.08. The quantitative estimate of drug-likeness (QED) is 0.867. The van der Waals surface area contributed by atoms with Crippen LogP contribution in [0.2, 0.25) is 0 Å². The van der Waals surface area contributed by atoms with Crippen molar-refractivity contribution in [3.63, 3.8) is 0 Å². The second kappa shape index (κ2) is 5.63. The number of benzene rings is 1. The molecule has 2 aromatic rings. The van der Waals surface area contributed by atoms with Crippen LogP contribution in [-0.4, -0.2) is 36.8 Å². The van der Waals surface area contributed by atoms with Crippen LogP contribution in [0.1, 0.15) is 12.8 Å². The molecule has 5 heteroatoms. The van der Waals surface area contributed by atoms with Gasteiger partial charge in [-0.1, -0.05) is 0 Å². The van der Waals surface area contributed by atoms with Gasteiger partial charge in [0.05, 0.1) is 5.52 Å². The zero-order valence-electron chi connectivity index (χ0n) is 11.7. The highest BCUT2D eigenvalue weighted by Crippen LogP contribution is 2.28. The topological polar surface area (TPSA) is 64.3 Å². The van der Waals surface area contributed by atoms with Crippen molar-refractivity contribution in [3.8, 4) is 0 Å². The standard InChI is InChI=1S/C15H20N4O/c1-20-9-11-4-6-19(7-5-11)15-13-3-2-12(16)8-14(13)17-10-18-15/h2-3,8,10-11H,4-7,9,16H2,1H3. The average molecular weight is 272 g/mol. The molecular formula is C15H20N4O. The fourth-order valence-corrected chi connectivity index (χ4v) is 2.86. The Morgan fingerprint density at radius 3 is 2.85 bits per heavy atom. The summed E-state index contributed by atoms with van der Waals surface area (Å²) in [7, 11) is 1.77. The van der Waals surface area contributed by atoms with Gasteiger partial charge in [-0.25, -0.2) is 9.97 Å². The molecule has 20 heavy (non-hydrogen) atoms. The number of fused-ring (bicyclic) bond motifs is 1. The normalized spacial score (nSPS) is 16.8. The van der Waals surface area contributed by atoms with Gasteiger partial charge in [-0.05, 0) is 37.0 Å². The van der Waals surface area contributed by atoms with Gasteiger partial charge in [-0.15, -0.1) is 0 Å². The van der Waals surface area contributed by atoms with Gasteiger partial charge in [0, 0.05) is 37.9 Å². The zero-order chi connectivity index (χ0) is 13.9. The number of rotatable bonds is 3. The van der Waals surface area contributed by atoms with Gasteiger partial charge in [0.2, 0.25) is 0 Å². The number of ether oxygens (including phenoxy) is 1. The summed E-state index contributed by atoms with van der Waals surface area (Å²) in [4.78, 5) is 11.1. The molecule has 106 valence electrons. The van der Waals surface area contributed by atoms with Crippen molar-refractivity contribution >= 4 is 22.4 Å². The molecule has 0 atom stereocenters. The van der Waals surface area contributed by atoms with Gasteiger partial charge in [0.1, 0.15) is 12.1 Å². The summed E-state index contributed by atoms with van der Waals surface area (Å²) in [5.41, 5.74) is 7.46. The van der Waals surface area contributed by atoms with E-state index in [0.29, 0.717) is 5.92 Å². The number of nitrogens with zero attached hydrogens (tertiary/aromatic N) is 3. The molecule has 0 aliphatic carbocycles. The lowest BCUT2D eigenvalue weighted by Crippen LogP contribution is -2.35. The molecule has 1 saturated heterocycles. The van der Waals surface area contributed by atoms with Gasteiger partial charge in [0.25, 0.3) is 0 Å². The summed E-state index contributed by atoms with van der Waals surface area (Å²) < 4.78 is 5.25. The van der Waals surface area contributed by atoms with Crippen LogP contribution in [0.25, 0.3) is 10.9 Å². The van der Waals surface area contributed by atoms with Crippen molar-refractivity contribution in [2.24, 2.45) is 5.92 Å². The number of methoxy groups -OCH3 is 1. The first-order chi connectivity index (χ1) is 9.78. The molecule has 1 fully saturated rings. The van der Waals surface area contributed by atoms with E-state index < -0.39 is 0 Å². The Hall–Kier alpha value is -1.88. The molecule has 0 radical (unpaired) electrons. The monoisotopic (exact) mass is 272 g/mol. The van der Waals surface area contributed by atoms with Crippen LogP contribution in [0, 0.1) is 5.92 Å². The number of aromatic nitrogens is 2. The van der Waals surface area contributed by atoms with Crippen LogP contribution < -0.4 is 10.6 Å². The highest BCUT2D eigenvalue weighted by molar-refractivity contribution is 5.91. The van der Waals surface area contributed by atoms with Crippen LogP contribution in [0.15, 0.2) is 24.5 Å². The number of nitrogen functional groups attached to an aromatic ring is 1. The van der Waals surface area contributed by atoms with Gasteiger partial charge < -0.3 is 15.4 Å². The lowest BCUT2D eigenvalue weighted by Gasteiger charge is -2.32. The predicted octanol–water partition coefficient (Wildman–Crippen LogP) is 2.07. The average Bonchev–Trinajstić information content (AvgIpc) is 2.47. The van der Waals surface area contributed by atoms with Crippen LogP contribution >= 0.6 is 0 Å². The molecule has 0 amide bonds. The summed E-state index contributed by atoms with van der Waals surface area (Å²) in [6.45, 7) is 2.89. The van der Waals surface area contributed by atoms with Crippen molar-refractivity contribution in [1.82, 2.24) is 9.97 Å². The molecule has 5 nitrogen and oxygen atoms in total. The predicted molar refractivity (Wildman–Crippen MR) is 80.8 cm³/mol. The third-order valence-corrected chi connectivity index (χ3v) is 3.96. The Kier molecular flexibility index (Phi) is 3.69. The number of hydrogen-bond acceptors (Lipinski definition) is 5. The summed E-state index contributed by atoms with van der Waals surface area (Å²) in [6, 6.07) is 5.83. The third kappa shape index (κ3) is 2.54. The molecule has 0 bridgehead atoms. The highest BCUT2D eigenvalue weighted by Gasteiger charge is 2.21. The van der Waals surface area contributed by atoms with Crippen LogP contribution in [0.4, 0.5) is 11.5 Å². The summed E-state index contributed by atoms with van der Waals surface area (Å²) >= 11 is 0. The minimum Gasteiger partial charge on any atom is -0.399 e. The molecule has 1 aromatic heterocycles. The fourth-order valence-electron chi connectivity index (χ4n) is 2.86. The molecule has 2 N–H and O–H groups in total. The number of anilines is 2. The molecule has 0 spiro atoms. The Bertz CT molecular complexity index is 593. The Balaban J connectivity index is 1.84. The molecule has 2 heterocycles. The number of piperidine rings is 1. The lowest BCUT2D eigenvalue weighted by atomic mass is 9.97. The van der Waals surface area contributed by atoms with Crippen LogP contribution in [0.3, 0.4) is 0 Å². The first-order valence-electron chi connectivity index (χ1n) is 7.02. The van der Waals surface area contributed by atoms with E-state index in [1.165, 1.54) is 0 Å². The number of hydrogen-bond donors (Lipinski definition) is 1. The Morgan fingerprint density at radius 2 is 2.10 bits per heavy atom. The largest absolute Gasteiger partial charge is 0.399 e. The van der Waals surface area contributed by atoms with E-state index in [1.807, 2.05) is 18.2 Å². The zero-order valence-corrected chi connectivity index (χ0v) is 11.7. The van der Waals surface area contributed by atoms with Gasteiger partial charge >= 0.3 is 0 Å². The van der Waals surface area contributed by atoms with E-state index in [1.54, 1.807) is 13.4 Å². The van der Waals surface area contributed by atoms with Crippen molar-refractivity contribution in [1.29, 1.82) is 0 Å². The molecule has 3 rings (SSSR count). The van der Waals surface area contributed by atoms with Crippen molar-refractivity contribution in [2.75, 3.05) is 37.4 Å². The van der Waals surface area contributed by atoms with E-state index in [2.05, 4.69) is 14.9 Å². The lowest BCUT2D eigenvalue weighted by molar-refractivity contribution is 0.139. The van der Waals surface area contributed by atoms with Crippen molar-refractivity contribution in [3.05, 3.63) is 24.5 Å². The Morgan fingerprint density at radius 1 is 1.30 bits per heavy atom. The number of nitrogens with two attached hydrogens (primary N) is 1. The van der Waals surface area contributed by atoms with E-state index >= 15 is 0 Å². The first-order valence-corrected chi connectivity index (χ1v) is 7.02. The third-order valence-electron chi connectivity index (χ3n) is 3.96. The molecule has 0 saturated carbocycles. The van der Waals surface area contributed by atoms with Gasteiger partial charge in [-0.2, -0.15) is 0 Å². The van der Waals surface area contributed by atoms with Crippen molar-refractivity contribution in [2.45, 2.75) is 12.8 Å². The fraction of sp³-hybridized carbons (Fsp3) is 0.467. The maximum absolute atomic E-state index is 5.82. The summed E-state index contributed by atoms with van der Waals surface area (Å²) in [5.74, 6) is 1.69. The molecule has 1 aliphatic heterocycles.